The molecule has 0 unspecified atom stereocenters. The molecule has 1 rings (SSSR count). The largest absolute Gasteiger partial charge is 0.331 e. The van der Waals surface area contributed by atoms with Crippen molar-refractivity contribution < 1.29 is 4.79 Å². The highest BCUT2D eigenvalue weighted by molar-refractivity contribution is 9.11. The second kappa shape index (κ2) is 6.01. The van der Waals surface area contributed by atoms with E-state index in [4.69, 9.17) is 0 Å². The fourth-order valence-electron chi connectivity index (χ4n) is 1.27. The number of hydrogen-bond donors (Lipinski definition) is 0. The molecule has 4 heteroatoms. The van der Waals surface area contributed by atoms with Gasteiger partial charge >= 0.3 is 0 Å². The minimum Gasteiger partial charge on any atom is -0.331 e. The first-order valence-electron chi connectivity index (χ1n) is 4.87. The zero-order valence-corrected chi connectivity index (χ0v) is 11.6. The second-order valence-corrected chi connectivity index (χ2v) is 5.72. The minimum atomic E-state index is 0.0265. The van der Waals surface area contributed by atoms with E-state index in [1.54, 1.807) is 17.1 Å². The summed E-state index contributed by atoms with van der Waals surface area (Å²) < 4.78 is 1.01. The highest BCUT2D eigenvalue weighted by Crippen LogP contribution is 2.28. The fourth-order valence-corrected chi connectivity index (χ4v) is 2.78. The fraction of sp³-hybridized carbons (Fsp3) is 0.250. The summed E-state index contributed by atoms with van der Waals surface area (Å²) in [5.41, 5.74) is 1.09. The topological polar surface area (TPSA) is 20.3 Å². The van der Waals surface area contributed by atoms with E-state index in [2.05, 4.69) is 29.1 Å². The van der Waals surface area contributed by atoms with E-state index in [1.165, 1.54) is 11.3 Å². The molecular weight excluding hydrogens is 286 g/mol. The maximum atomic E-state index is 12.1. The molecule has 0 aliphatic carbocycles. The molecule has 1 aromatic heterocycles. The van der Waals surface area contributed by atoms with E-state index in [-0.39, 0.29) is 5.91 Å². The Morgan fingerprint density at radius 3 is 2.44 bits per heavy atom. The monoisotopic (exact) mass is 299 g/mol. The van der Waals surface area contributed by atoms with Gasteiger partial charge in [-0.25, -0.2) is 0 Å². The van der Waals surface area contributed by atoms with Crippen LogP contribution in [0.1, 0.15) is 15.2 Å². The first kappa shape index (κ1) is 13.2. The number of carbonyl (C=O) groups is 1. The Bertz CT molecular complexity index is 382. The van der Waals surface area contributed by atoms with E-state index in [0.29, 0.717) is 13.1 Å². The number of nitrogens with zero attached hydrogens (tertiary/aromatic N) is 1. The van der Waals surface area contributed by atoms with Crippen molar-refractivity contribution in [1.29, 1.82) is 0 Å². The Hall–Kier alpha value is -0.870. The molecule has 0 aliphatic heterocycles. The summed E-state index contributed by atoms with van der Waals surface area (Å²) in [6.07, 6.45) is 3.44. The lowest BCUT2D eigenvalue weighted by atomic mass is 10.3. The first-order chi connectivity index (χ1) is 7.60. The number of hydrogen-bond acceptors (Lipinski definition) is 2. The van der Waals surface area contributed by atoms with Gasteiger partial charge < -0.3 is 4.90 Å². The number of halogens is 1. The summed E-state index contributed by atoms with van der Waals surface area (Å²) in [4.78, 5) is 14.6. The molecule has 0 saturated carbocycles. The molecular formula is C12H14BrNOS. The summed E-state index contributed by atoms with van der Waals surface area (Å²) in [5, 5.41) is 0. The molecule has 1 aromatic rings. The van der Waals surface area contributed by atoms with Crippen molar-refractivity contribution in [2.45, 2.75) is 6.92 Å². The Labute approximate surface area is 108 Å². The molecule has 0 aromatic carbocycles. The average molecular weight is 300 g/mol. The van der Waals surface area contributed by atoms with Gasteiger partial charge in [-0.2, -0.15) is 0 Å². The molecule has 0 fully saturated rings. The third-order valence-electron chi connectivity index (χ3n) is 2.05. The van der Waals surface area contributed by atoms with Gasteiger partial charge in [-0.3, -0.25) is 4.79 Å². The van der Waals surface area contributed by atoms with E-state index in [9.17, 15) is 4.79 Å². The van der Waals surface area contributed by atoms with Crippen molar-refractivity contribution in [3.8, 4) is 0 Å². The van der Waals surface area contributed by atoms with Gasteiger partial charge in [0.05, 0.1) is 8.66 Å². The third-order valence-corrected chi connectivity index (χ3v) is 4.18. The molecule has 1 amide bonds. The molecule has 0 spiro atoms. The zero-order valence-electron chi connectivity index (χ0n) is 9.20. The predicted molar refractivity (Wildman–Crippen MR) is 73.1 cm³/mol. The van der Waals surface area contributed by atoms with Crippen LogP contribution < -0.4 is 0 Å². The van der Waals surface area contributed by atoms with E-state index >= 15 is 0 Å². The van der Waals surface area contributed by atoms with E-state index < -0.39 is 0 Å². The molecule has 86 valence electrons. The molecule has 0 saturated heterocycles. The lowest BCUT2D eigenvalue weighted by Crippen LogP contribution is -2.30. The van der Waals surface area contributed by atoms with Gasteiger partial charge in [0, 0.05) is 13.1 Å². The summed E-state index contributed by atoms with van der Waals surface area (Å²) >= 11 is 4.88. The molecule has 0 radical (unpaired) electrons. The van der Waals surface area contributed by atoms with Gasteiger partial charge in [-0.15, -0.1) is 24.5 Å². The summed E-state index contributed by atoms with van der Waals surface area (Å²) in [6.45, 7) is 10.4. The number of carbonyl (C=O) groups excluding carboxylic acids is 1. The quantitative estimate of drug-likeness (QED) is 0.760. The van der Waals surface area contributed by atoms with Gasteiger partial charge in [-0.1, -0.05) is 12.2 Å². The maximum Gasteiger partial charge on any atom is 0.264 e. The third kappa shape index (κ3) is 3.06. The van der Waals surface area contributed by atoms with Gasteiger partial charge in [0.15, 0.2) is 0 Å². The van der Waals surface area contributed by atoms with Crippen LogP contribution in [0, 0.1) is 6.92 Å². The summed E-state index contributed by atoms with van der Waals surface area (Å²) in [7, 11) is 0. The smallest absolute Gasteiger partial charge is 0.264 e. The Morgan fingerprint density at radius 1 is 1.50 bits per heavy atom. The van der Waals surface area contributed by atoms with Crippen LogP contribution >= 0.6 is 27.3 Å². The van der Waals surface area contributed by atoms with Crippen LogP contribution in [0.25, 0.3) is 0 Å². The van der Waals surface area contributed by atoms with Crippen molar-refractivity contribution in [3.05, 3.63) is 45.6 Å². The Morgan fingerprint density at radius 2 is 2.06 bits per heavy atom. The maximum absolute atomic E-state index is 12.1. The number of aryl methyl sites for hydroxylation is 1. The van der Waals surface area contributed by atoms with Crippen molar-refractivity contribution in [2.75, 3.05) is 13.1 Å². The normalized spacial score (nSPS) is 9.88. The molecule has 0 bridgehead atoms. The lowest BCUT2D eigenvalue weighted by molar-refractivity contribution is 0.0795. The molecule has 1 heterocycles. The zero-order chi connectivity index (χ0) is 12.1. The summed E-state index contributed by atoms with van der Waals surface area (Å²) in [6, 6.07) is 1.90. The molecule has 0 N–H and O–H groups in total. The Balaban J connectivity index is 2.88. The van der Waals surface area contributed by atoms with Crippen molar-refractivity contribution >= 4 is 33.2 Å². The number of rotatable bonds is 5. The van der Waals surface area contributed by atoms with Crippen molar-refractivity contribution in [2.24, 2.45) is 0 Å². The van der Waals surface area contributed by atoms with Crippen molar-refractivity contribution in [1.82, 2.24) is 4.90 Å². The SMILES string of the molecule is C=CCN(CC=C)C(=O)c1cc(C)c(Br)s1. The van der Waals surface area contributed by atoms with E-state index in [0.717, 1.165) is 14.2 Å². The van der Waals surface area contributed by atoms with Gasteiger partial charge in [0.25, 0.3) is 5.91 Å². The standard InChI is InChI=1S/C12H14BrNOS/c1-4-6-14(7-5-2)12(15)10-8-9(3)11(13)16-10/h4-5,8H,1-2,6-7H2,3H3. The highest BCUT2D eigenvalue weighted by Gasteiger charge is 2.16. The Kier molecular flexibility index (Phi) is 4.96. The van der Waals surface area contributed by atoms with Crippen molar-refractivity contribution in [3.63, 3.8) is 0 Å². The lowest BCUT2D eigenvalue weighted by Gasteiger charge is -2.17. The molecule has 0 aliphatic rings. The van der Waals surface area contributed by atoms with E-state index in [1.807, 2.05) is 13.0 Å². The second-order valence-electron chi connectivity index (χ2n) is 3.35. The van der Waals surface area contributed by atoms with Crippen LogP contribution in [0.2, 0.25) is 0 Å². The average Bonchev–Trinajstić information content (AvgIpc) is 2.58. The van der Waals surface area contributed by atoms with Crippen LogP contribution in [0.4, 0.5) is 0 Å². The van der Waals surface area contributed by atoms with Crippen LogP contribution in [-0.4, -0.2) is 23.9 Å². The van der Waals surface area contributed by atoms with Gasteiger partial charge in [0.1, 0.15) is 0 Å². The molecule has 2 nitrogen and oxygen atoms in total. The van der Waals surface area contributed by atoms with Crippen LogP contribution in [0.15, 0.2) is 35.2 Å². The molecule has 16 heavy (non-hydrogen) atoms. The summed E-state index contributed by atoms with van der Waals surface area (Å²) in [5.74, 6) is 0.0265. The number of amides is 1. The highest BCUT2D eigenvalue weighted by atomic mass is 79.9. The first-order valence-corrected chi connectivity index (χ1v) is 6.48. The van der Waals surface area contributed by atoms with Gasteiger partial charge in [-0.05, 0) is 34.5 Å². The van der Waals surface area contributed by atoms with Gasteiger partial charge in [0.2, 0.25) is 0 Å². The van der Waals surface area contributed by atoms with Crippen LogP contribution in [0.5, 0.6) is 0 Å². The predicted octanol–water partition coefficient (Wildman–Crippen LogP) is 3.63. The molecule has 0 atom stereocenters. The number of thiophene rings is 1. The van der Waals surface area contributed by atoms with Crippen LogP contribution in [0.3, 0.4) is 0 Å². The van der Waals surface area contributed by atoms with Crippen LogP contribution in [-0.2, 0) is 0 Å². The minimum absolute atomic E-state index is 0.0265.